The number of carbonyl (C=O) groups is 1. The van der Waals surface area contributed by atoms with E-state index in [1.165, 1.54) is 18.4 Å². The first-order valence-electron chi connectivity index (χ1n) is 11.1. The second-order valence-corrected chi connectivity index (χ2v) is 10.8. The van der Waals surface area contributed by atoms with E-state index in [1.807, 2.05) is 24.8 Å². The van der Waals surface area contributed by atoms with Crippen molar-refractivity contribution in [3.63, 3.8) is 0 Å². The minimum Gasteiger partial charge on any atom is -0.341 e. The van der Waals surface area contributed by atoms with Crippen molar-refractivity contribution in [2.45, 2.75) is 37.6 Å². The predicted octanol–water partition coefficient (Wildman–Crippen LogP) is 1.92. The largest absolute Gasteiger partial charge is 0.341 e. The highest BCUT2D eigenvalue weighted by molar-refractivity contribution is 7.90. The standard InChI is InChI=1S/C23H31N5O3S/c1-17-16-18(2)25-23(24-17)28-10-8-20(9-11-28)26-12-14-27(15-13-26)22(29)19-4-6-21(7-5-19)32(3,30)31/h4-7,16,20H,8-15H2,1-3H3. The summed E-state index contributed by atoms with van der Waals surface area (Å²) in [6.07, 6.45) is 3.30. The van der Waals surface area contributed by atoms with Crippen LogP contribution in [0.2, 0.25) is 0 Å². The minimum atomic E-state index is -3.26. The van der Waals surface area contributed by atoms with Crippen LogP contribution < -0.4 is 4.90 Å². The van der Waals surface area contributed by atoms with E-state index in [0.717, 1.165) is 56.4 Å². The third-order valence-corrected chi connectivity index (χ3v) is 7.49. The van der Waals surface area contributed by atoms with Crippen LogP contribution in [0.3, 0.4) is 0 Å². The van der Waals surface area contributed by atoms with Gasteiger partial charge in [0, 0.05) is 68.5 Å². The molecule has 3 heterocycles. The molecule has 32 heavy (non-hydrogen) atoms. The Hall–Kier alpha value is -2.52. The van der Waals surface area contributed by atoms with Gasteiger partial charge in [0.15, 0.2) is 9.84 Å². The predicted molar refractivity (Wildman–Crippen MR) is 124 cm³/mol. The van der Waals surface area contributed by atoms with Crippen LogP contribution in [-0.2, 0) is 9.84 Å². The Morgan fingerprint density at radius 2 is 1.47 bits per heavy atom. The molecule has 0 atom stereocenters. The Bertz CT molecular complexity index is 1050. The highest BCUT2D eigenvalue weighted by Gasteiger charge is 2.30. The maximum absolute atomic E-state index is 12.8. The van der Waals surface area contributed by atoms with Crippen molar-refractivity contribution in [1.82, 2.24) is 19.8 Å². The van der Waals surface area contributed by atoms with Crippen molar-refractivity contribution < 1.29 is 13.2 Å². The number of piperidine rings is 1. The molecule has 2 saturated heterocycles. The van der Waals surface area contributed by atoms with E-state index in [1.54, 1.807) is 12.1 Å². The van der Waals surface area contributed by atoms with Crippen LogP contribution in [0.25, 0.3) is 0 Å². The van der Waals surface area contributed by atoms with Gasteiger partial charge in [0.05, 0.1) is 4.90 Å². The fourth-order valence-electron chi connectivity index (χ4n) is 4.60. The molecule has 2 fully saturated rings. The van der Waals surface area contributed by atoms with Crippen molar-refractivity contribution in [3.8, 4) is 0 Å². The van der Waals surface area contributed by atoms with Gasteiger partial charge < -0.3 is 9.80 Å². The lowest BCUT2D eigenvalue weighted by Crippen LogP contribution is -2.54. The van der Waals surface area contributed by atoms with Crippen LogP contribution in [0.5, 0.6) is 0 Å². The monoisotopic (exact) mass is 457 g/mol. The van der Waals surface area contributed by atoms with Crippen LogP contribution in [0.4, 0.5) is 5.95 Å². The molecule has 172 valence electrons. The van der Waals surface area contributed by atoms with Crippen LogP contribution in [0, 0.1) is 13.8 Å². The second-order valence-electron chi connectivity index (χ2n) is 8.79. The van der Waals surface area contributed by atoms with Gasteiger partial charge in [-0.2, -0.15) is 0 Å². The number of anilines is 1. The topological polar surface area (TPSA) is 86.7 Å². The molecule has 0 aliphatic carbocycles. The number of nitrogens with zero attached hydrogens (tertiary/aromatic N) is 5. The average molecular weight is 458 g/mol. The smallest absolute Gasteiger partial charge is 0.253 e. The number of aryl methyl sites for hydroxylation is 2. The van der Waals surface area contributed by atoms with Crippen molar-refractivity contribution in [2.75, 3.05) is 50.4 Å². The summed E-state index contributed by atoms with van der Waals surface area (Å²) in [5, 5.41) is 0. The van der Waals surface area contributed by atoms with Crippen molar-refractivity contribution in [2.24, 2.45) is 0 Å². The average Bonchev–Trinajstić information content (AvgIpc) is 2.78. The lowest BCUT2D eigenvalue weighted by molar-refractivity contribution is 0.0540. The number of hydrogen-bond acceptors (Lipinski definition) is 7. The molecule has 0 spiro atoms. The van der Waals surface area contributed by atoms with Gasteiger partial charge in [-0.15, -0.1) is 0 Å². The number of carbonyl (C=O) groups excluding carboxylic acids is 1. The maximum Gasteiger partial charge on any atom is 0.253 e. The molecule has 0 unspecified atom stereocenters. The summed E-state index contributed by atoms with van der Waals surface area (Å²) in [7, 11) is -3.26. The molecule has 1 aromatic heterocycles. The van der Waals surface area contributed by atoms with Crippen LogP contribution in [0.15, 0.2) is 35.2 Å². The van der Waals surface area contributed by atoms with Crippen LogP contribution in [0.1, 0.15) is 34.6 Å². The zero-order valence-electron chi connectivity index (χ0n) is 19.0. The molecule has 2 aliphatic heterocycles. The van der Waals surface area contributed by atoms with Gasteiger partial charge in [-0.05, 0) is 57.0 Å². The third-order valence-electron chi connectivity index (χ3n) is 6.37. The molecule has 4 rings (SSSR count). The zero-order chi connectivity index (χ0) is 22.9. The Kier molecular flexibility index (Phi) is 6.48. The van der Waals surface area contributed by atoms with Crippen LogP contribution >= 0.6 is 0 Å². The quantitative estimate of drug-likeness (QED) is 0.693. The van der Waals surface area contributed by atoms with E-state index >= 15 is 0 Å². The third kappa shape index (κ3) is 5.10. The molecule has 1 amide bonds. The molecule has 0 radical (unpaired) electrons. The number of sulfone groups is 1. The van der Waals surface area contributed by atoms with E-state index in [2.05, 4.69) is 19.8 Å². The fourth-order valence-corrected chi connectivity index (χ4v) is 5.23. The molecule has 1 aromatic carbocycles. The van der Waals surface area contributed by atoms with Crippen LogP contribution in [-0.4, -0.2) is 85.7 Å². The maximum atomic E-state index is 12.8. The fraction of sp³-hybridized carbons (Fsp3) is 0.522. The second kappa shape index (κ2) is 9.15. The molecule has 9 heteroatoms. The summed E-state index contributed by atoms with van der Waals surface area (Å²) in [4.78, 5) is 28.9. The SMILES string of the molecule is Cc1cc(C)nc(N2CCC(N3CCN(C(=O)c4ccc(S(C)(=O)=O)cc4)CC3)CC2)n1. The summed E-state index contributed by atoms with van der Waals surface area (Å²) in [6.45, 7) is 8.99. The minimum absolute atomic E-state index is 0.0357. The molecular formula is C23H31N5O3S. The van der Waals surface area contributed by atoms with Gasteiger partial charge in [0.1, 0.15) is 0 Å². The van der Waals surface area contributed by atoms with E-state index in [9.17, 15) is 13.2 Å². The van der Waals surface area contributed by atoms with E-state index in [-0.39, 0.29) is 10.8 Å². The van der Waals surface area contributed by atoms with Gasteiger partial charge in [0.25, 0.3) is 5.91 Å². The summed E-state index contributed by atoms with van der Waals surface area (Å²) in [5.41, 5.74) is 2.54. The highest BCUT2D eigenvalue weighted by Crippen LogP contribution is 2.22. The number of hydrogen-bond donors (Lipinski definition) is 0. The van der Waals surface area contributed by atoms with Gasteiger partial charge in [-0.3, -0.25) is 9.69 Å². The number of amides is 1. The van der Waals surface area contributed by atoms with Gasteiger partial charge in [0.2, 0.25) is 5.95 Å². The van der Waals surface area contributed by atoms with E-state index in [4.69, 9.17) is 0 Å². The molecule has 2 aromatic rings. The molecular weight excluding hydrogens is 426 g/mol. The van der Waals surface area contributed by atoms with E-state index < -0.39 is 9.84 Å². The molecule has 0 bridgehead atoms. The molecule has 8 nitrogen and oxygen atoms in total. The molecule has 0 N–H and O–H groups in total. The summed E-state index contributed by atoms with van der Waals surface area (Å²) in [5.74, 6) is 0.796. The van der Waals surface area contributed by atoms with E-state index in [0.29, 0.717) is 24.7 Å². The number of benzene rings is 1. The number of piperazine rings is 1. The van der Waals surface area contributed by atoms with Crippen molar-refractivity contribution in [1.29, 1.82) is 0 Å². The van der Waals surface area contributed by atoms with Gasteiger partial charge in [-0.1, -0.05) is 0 Å². The van der Waals surface area contributed by atoms with Crippen molar-refractivity contribution >= 4 is 21.7 Å². The van der Waals surface area contributed by atoms with Gasteiger partial charge in [-0.25, -0.2) is 18.4 Å². The first-order chi connectivity index (χ1) is 15.2. The lowest BCUT2D eigenvalue weighted by atomic mass is 10.0. The highest BCUT2D eigenvalue weighted by atomic mass is 32.2. The Morgan fingerprint density at radius 3 is 2.00 bits per heavy atom. The Morgan fingerprint density at radius 1 is 0.906 bits per heavy atom. The van der Waals surface area contributed by atoms with Crippen molar-refractivity contribution in [3.05, 3.63) is 47.3 Å². The lowest BCUT2D eigenvalue weighted by Gasteiger charge is -2.42. The first-order valence-corrected chi connectivity index (χ1v) is 13.0. The normalized spacial score (nSPS) is 18.7. The summed E-state index contributed by atoms with van der Waals surface area (Å²) >= 11 is 0. The molecule has 0 saturated carbocycles. The first kappa shape index (κ1) is 22.7. The number of aromatic nitrogens is 2. The zero-order valence-corrected chi connectivity index (χ0v) is 19.8. The summed E-state index contributed by atoms with van der Waals surface area (Å²) < 4.78 is 23.2. The molecule has 2 aliphatic rings. The van der Waals surface area contributed by atoms with Gasteiger partial charge >= 0.3 is 0 Å². The Balaban J connectivity index is 1.29. The Labute approximate surface area is 190 Å². The summed E-state index contributed by atoms with van der Waals surface area (Å²) in [6, 6.07) is 8.74. The number of rotatable bonds is 4.